The number of carbonyl (C=O) groups is 1. The number of piperidine rings is 1. The van der Waals surface area contributed by atoms with Crippen LogP contribution < -0.4 is 20.1 Å². The zero-order chi connectivity index (χ0) is 16.7. The third-order valence-electron chi connectivity index (χ3n) is 4.21. The summed E-state index contributed by atoms with van der Waals surface area (Å²) in [7, 11) is 1.63. The summed E-state index contributed by atoms with van der Waals surface area (Å²) in [6.45, 7) is 6.30. The van der Waals surface area contributed by atoms with Gasteiger partial charge in [0.25, 0.3) is 0 Å². The molecule has 1 aromatic rings. The van der Waals surface area contributed by atoms with Gasteiger partial charge in [0, 0.05) is 24.4 Å². The minimum Gasteiger partial charge on any atom is -0.493 e. The van der Waals surface area contributed by atoms with Crippen molar-refractivity contribution >= 4 is 18.3 Å². The van der Waals surface area contributed by atoms with Crippen molar-refractivity contribution in [3.63, 3.8) is 0 Å². The molecule has 1 saturated heterocycles. The van der Waals surface area contributed by atoms with Crippen LogP contribution >= 0.6 is 12.4 Å². The van der Waals surface area contributed by atoms with E-state index in [9.17, 15) is 4.79 Å². The molecule has 0 radical (unpaired) electrons. The van der Waals surface area contributed by atoms with Gasteiger partial charge in [-0.25, -0.2) is 0 Å². The molecule has 0 spiro atoms. The van der Waals surface area contributed by atoms with Crippen LogP contribution in [0, 0.1) is 11.8 Å². The fourth-order valence-electron chi connectivity index (χ4n) is 2.82. The Kier molecular flexibility index (Phi) is 8.93. The third-order valence-corrected chi connectivity index (χ3v) is 4.21. The van der Waals surface area contributed by atoms with Crippen molar-refractivity contribution in [3.8, 4) is 11.5 Å². The van der Waals surface area contributed by atoms with E-state index in [1.165, 1.54) is 0 Å². The Bertz CT molecular complexity index is 513. The van der Waals surface area contributed by atoms with Gasteiger partial charge in [0.05, 0.1) is 13.7 Å². The van der Waals surface area contributed by atoms with E-state index >= 15 is 0 Å². The molecule has 1 fully saturated rings. The molecule has 1 heterocycles. The normalized spacial score (nSPS) is 21.3. The van der Waals surface area contributed by atoms with Crippen LogP contribution in [0.5, 0.6) is 11.5 Å². The van der Waals surface area contributed by atoms with Crippen molar-refractivity contribution in [1.82, 2.24) is 10.6 Å². The Morgan fingerprint density at radius 2 is 2.08 bits per heavy atom. The number of halogens is 1. The molecule has 5 nitrogen and oxygen atoms in total. The monoisotopic (exact) mass is 356 g/mol. The van der Waals surface area contributed by atoms with E-state index in [0.29, 0.717) is 19.2 Å². The van der Waals surface area contributed by atoms with E-state index in [4.69, 9.17) is 9.47 Å². The lowest BCUT2D eigenvalue weighted by Crippen LogP contribution is -2.43. The molecule has 2 N–H and O–H groups in total. The number of benzene rings is 1. The van der Waals surface area contributed by atoms with Gasteiger partial charge in [-0.3, -0.25) is 4.79 Å². The summed E-state index contributed by atoms with van der Waals surface area (Å²) in [5.74, 6) is 2.01. The molecule has 0 bridgehead atoms. The lowest BCUT2D eigenvalue weighted by molar-refractivity contribution is -0.126. The van der Waals surface area contributed by atoms with Crippen molar-refractivity contribution in [2.75, 3.05) is 26.8 Å². The quantitative estimate of drug-likeness (QED) is 0.788. The molecule has 1 aromatic carbocycles. The smallest absolute Gasteiger partial charge is 0.223 e. The Hall–Kier alpha value is -1.46. The van der Waals surface area contributed by atoms with E-state index in [2.05, 4.69) is 24.5 Å². The molecule has 0 saturated carbocycles. The molecule has 1 aliphatic rings. The van der Waals surface area contributed by atoms with Gasteiger partial charge in [0.2, 0.25) is 5.91 Å². The summed E-state index contributed by atoms with van der Waals surface area (Å²) < 4.78 is 11.1. The average molecular weight is 357 g/mol. The largest absolute Gasteiger partial charge is 0.493 e. The molecular weight excluding hydrogens is 328 g/mol. The lowest BCUT2D eigenvalue weighted by atomic mass is 9.92. The molecule has 0 aromatic heterocycles. The van der Waals surface area contributed by atoms with Crippen LogP contribution in [0.1, 0.15) is 26.7 Å². The molecule has 0 aliphatic carbocycles. The zero-order valence-corrected chi connectivity index (χ0v) is 15.5. The van der Waals surface area contributed by atoms with Gasteiger partial charge in [-0.1, -0.05) is 19.1 Å². The minimum atomic E-state index is 0. The number of rotatable bonds is 7. The van der Waals surface area contributed by atoms with Gasteiger partial charge in [-0.05, 0) is 38.4 Å². The molecule has 3 atom stereocenters. The lowest BCUT2D eigenvalue weighted by Gasteiger charge is -2.27. The fourth-order valence-corrected chi connectivity index (χ4v) is 2.82. The van der Waals surface area contributed by atoms with Crippen LogP contribution in [0.25, 0.3) is 0 Å². The number of para-hydroxylation sites is 2. The summed E-state index contributed by atoms with van der Waals surface area (Å²) in [4.78, 5) is 12.2. The highest BCUT2D eigenvalue weighted by molar-refractivity contribution is 5.85. The van der Waals surface area contributed by atoms with Crippen molar-refractivity contribution in [1.29, 1.82) is 0 Å². The van der Waals surface area contributed by atoms with E-state index in [1.807, 2.05) is 24.3 Å². The number of amides is 1. The summed E-state index contributed by atoms with van der Waals surface area (Å²) in [6, 6.07) is 8.02. The van der Waals surface area contributed by atoms with Gasteiger partial charge >= 0.3 is 0 Å². The SMILES string of the molecule is COc1ccccc1OCC(C)CNC(=O)[C@H]1CCN[C@@H](C)C1.Cl. The van der Waals surface area contributed by atoms with Gasteiger partial charge in [0.1, 0.15) is 0 Å². The maximum atomic E-state index is 12.2. The highest BCUT2D eigenvalue weighted by Crippen LogP contribution is 2.26. The standard InChI is InChI=1S/C18H28N2O3.ClH/c1-13(12-23-17-7-5-4-6-16(17)22-3)11-20-18(21)15-8-9-19-14(2)10-15;/h4-7,13-15,19H,8-12H2,1-3H3,(H,20,21);1H/t13?,14-,15-;/m0./s1. The van der Waals surface area contributed by atoms with Gasteiger partial charge in [-0.15, -0.1) is 12.4 Å². The molecule has 6 heteroatoms. The maximum Gasteiger partial charge on any atom is 0.223 e. The minimum absolute atomic E-state index is 0. The number of hydrogen-bond acceptors (Lipinski definition) is 4. The molecule has 24 heavy (non-hydrogen) atoms. The van der Waals surface area contributed by atoms with Crippen LogP contribution in [0.3, 0.4) is 0 Å². The summed E-state index contributed by atoms with van der Waals surface area (Å²) >= 11 is 0. The number of methoxy groups -OCH3 is 1. The first-order valence-corrected chi connectivity index (χ1v) is 8.37. The topological polar surface area (TPSA) is 59.6 Å². The predicted octanol–water partition coefficient (Wildman–Crippen LogP) is 2.64. The van der Waals surface area contributed by atoms with E-state index in [0.717, 1.165) is 30.9 Å². The van der Waals surface area contributed by atoms with Crippen LogP contribution in [-0.2, 0) is 4.79 Å². The number of hydrogen-bond donors (Lipinski definition) is 2. The summed E-state index contributed by atoms with van der Waals surface area (Å²) in [6.07, 6.45) is 1.83. The van der Waals surface area contributed by atoms with Gasteiger partial charge in [-0.2, -0.15) is 0 Å². The Morgan fingerprint density at radius 3 is 2.75 bits per heavy atom. The highest BCUT2D eigenvalue weighted by atomic mass is 35.5. The van der Waals surface area contributed by atoms with E-state index in [-0.39, 0.29) is 30.2 Å². The van der Waals surface area contributed by atoms with E-state index < -0.39 is 0 Å². The Labute approximate surface area is 150 Å². The highest BCUT2D eigenvalue weighted by Gasteiger charge is 2.24. The first-order valence-electron chi connectivity index (χ1n) is 8.37. The molecule has 1 amide bonds. The molecule has 136 valence electrons. The zero-order valence-electron chi connectivity index (χ0n) is 14.7. The second-order valence-corrected chi connectivity index (χ2v) is 6.39. The van der Waals surface area contributed by atoms with Crippen molar-refractivity contribution in [2.24, 2.45) is 11.8 Å². The van der Waals surface area contributed by atoms with Crippen molar-refractivity contribution in [3.05, 3.63) is 24.3 Å². The Morgan fingerprint density at radius 1 is 1.38 bits per heavy atom. The maximum absolute atomic E-state index is 12.2. The number of nitrogens with one attached hydrogen (secondary N) is 2. The number of ether oxygens (including phenoxy) is 2. The van der Waals surface area contributed by atoms with Crippen LogP contribution in [-0.4, -0.2) is 38.8 Å². The predicted molar refractivity (Wildman–Crippen MR) is 98.1 cm³/mol. The molecule has 1 aliphatic heterocycles. The Balaban J connectivity index is 0.00000288. The number of carbonyl (C=O) groups excluding carboxylic acids is 1. The van der Waals surface area contributed by atoms with Crippen molar-refractivity contribution < 1.29 is 14.3 Å². The third kappa shape index (κ3) is 6.21. The second-order valence-electron chi connectivity index (χ2n) is 6.39. The molecular formula is C18H29ClN2O3. The van der Waals surface area contributed by atoms with Crippen LogP contribution in [0.4, 0.5) is 0 Å². The van der Waals surface area contributed by atoms with Crippen LogP contribution in [0.2, 0.25) is 0 Å². The van der Waals surface area contributed by atoms with Gasteiger partial charge < -0.3 is 20.1 Å². The summed E-state index contributed by atoms with van der Waals surface area (Å²) in [5.41, 5.74) is 0. The average Bonchev–Trinajstić information content (AvgIpc) is 2.58. The first kappa shape index (κ1) is 20.6. The summed E-state index contributed by atoms with van der Waals surface area (Å²) in [5, 5.41) is 6.43. The molecule has 1 unspecified atom stereocenters. The van der Waals surface area contributed by atoms with Crippen molar-refractivity contribution in [2.45, 2.75) is 32.7 Å². The van der Waals surface area contributed by atoms with Gasteiger partial charge in [0.15, 0.2) is 11.5 Å². The first-order chi connectivity index (χ1) is 11.1. The van der Waals surface area contributed by atoms with Crippen LogP contribution in [0.15, 0.2) is 24.3 Å². The fraction of sp³-hybridized carbons (Fsp3) is 0.611. The second kappa shape index (κ2) is 10.4. The van der Waals surface area contributed by atoms with E-state index in [1.54, 1.807) is 7.11 Å². The molecule has 2 rings (SSSR count).